The molecule has 3 rings (SSSR count). The first kappa shape index (κ1) is 17.8. The highest BCUT2D eigenvalue weighted by molar-refractivity contribution is 5.77. The third-order valence-electron chi connectivity index (χ3n) is 4.71. The van der Waals surface area contributed by atoms with Gasteiger partial charge in [-0.05, 0) is 37.3 Å². The molecule has 5 heteroatoms. The fourth-order valence-electron chi connectivity index (χ4n) is 3.43. The molecule has 0 unspecified atom stereocenters. The summed E-state index contributed by atoms with van der Waals surface area (Å²) >= 11 is 0. The predicted molar refractivity (Wildman–Crippen MR) is 97.1 cm³/mol. The predicted octanol–water partition coefficient (Wildman–Crippen LogP) is 1.16. The van der Waals surface area contributed by atoms with Crippen LogP contribution in [-0.4, -0.2) is 57.2 Å². The zero-order valence-corrected chi connectivity index (χ0v) is 15.2. The van der Waals surface area contributed by atoms with Crippen molar-refractivity contribution in [3.63, 3.8) is 0 Å². The van der Waals surface area contributed by atoms with Crippen molar-refractivity contribution >= 4 is 5.91 Å². The molecule has 2 atom stereocenters. The largest absolute Gasteiger partial charge is 0.486 e. The van der Waals surface area contributed by atoms with Gasteiger partial charge in [-0.15, -0.1) is 0 Å². The number of fused-ring (bicyclic) bond motifs is 1. The quantitative estimate of drug-likeness (QED) is 0.787. The normalized spacial score (nSPS) is 22.0. The maximum atomic E-state index is 12.7. The number of nitrogens with zero attached hydrogens (tertiary/aromatic N) is 1. The molecular formula is C20H29N2O3+. The van der Waals surface area contributed by atoms with Crippen molar-refractivity contribution in [2.45, 2.75) is 25.4 Å². The number of allylic oxidation sites excluding steroid dienone is 2. The Morgan fingerprint density at radius 1 is 1.20 bits per heavy atom. The van der Waals surface area contributed by atoms with Gasteiger partial charge in [0.15, 0.2) is 24.1 Å². The topological polar surface area (TPSA) is 43.2 Å². The van der Waals surface area contributed by atoms with E-state index in [-0.39, 0.29) is 12.0 Å². The van der Waals surface area contributed by atoms with Gasteiger partial charge in [0.25, 0.3) is 5.91 Å². The Labute approximate surface area is 150 Å². The second kappa shape index (κ2) is 8.39. The van der Waals surface area contributed by atoms with Crippen LogP contribution in [0.1, 0.15) is 19.3 Å². The average Bonchev–Trinajstić information content (AvgIpc) is 2.61. The summed E-state index contributed by atoms with van der Waals surface area (Å²) < 4.78 is 11.9. The Morgan fingerprint density at radius 3 is 2.72 bits per heavy atom. The number of rotatable bonds is 6. The van der Waals surface area contributed by atoms with Crippen LogP contribution in [-0.2, 0) is 4.79 Å². The highest BCUT2D eigenvalue weighted by atomic mass is 16.6. The molecule has 5 nitrogen and oxygen atoms in total. The van der Waals surface area contributed by atoms with Gasteiger partial charge in [0.2, 0.25) is 0 Å². The van der Waals surface area contributed by atoms with Crippen LogP contribution in [0.2, 0.25) is 0 Å². The minimum Gasteiger partial charge on any atom is -0.486 e. The van der Waals surface area contributed by atoms with E-state index in [9.17, 15) is 4.79 Å². The number of quaternary nitrogens is 1. The van der Waals surface area contributed by atoms with Crippen LogP contribution in [0, 0.1) is 5.92 Å². The van der Waals surface area contributed by atoms with Crippen molar-refractivity contribution in [2.75, 3.05) is 40.3 Å². The van der Waals surface area contributed by atoms with Crippen molar-refractivity contribution in [1.82, 2.24) is 4.90 Å². The number of amides is 1. The van der Waals surface area contributed by atoms with E-state index in [1.165, 1.54) is 0 Å². The van der Waals surface area contributed by atoms with E-state index >= 15 is 0 Å². The summed E-state index contributed by atoms with van der Waals surface area (Å²) in [6, 6.07) is 7.72. The van der Waals surface area contributed by atoms with Crippen molar-refractivity contribution in [3.8, 4) is 11.5 Å². The lowest BCUT2D eigenvalue weighted by molar-refractivity contribution is -0.849. The van der Waals surface area contributed by atoms with Crippen LogP contribution in [0.15, 0.2) is 36.4 Å². The Kier molecular flexibility index (Phi) is 5.97. The third-order valence-corrected chi connectivity index (χ3v) is 4.71. The molecule has 0 bridgehead atoms. The maximum absolute atomic E-state index is 12.7. The molecule has 1 amide bonds. The van der Waals surface area contributed by atoms with Crippen molar-refractivity contribution < 1.29 is 19.2 Å². The fraction of sp³-hybridized carbons (Fsp3) is 0.550. The molecule has 0 aromatic heterocycles. The molecule has 1 aliphatic carbocycles. The van der Waals surface area contributed by atoms with E-state index in [1.807, 2.05) is 43.3 Å². The van der Waals surface area contributed by atoms with Crippen molar-refractivity contribution in [3.05, 3.63) is 36.4 Å². The number of ether oxygens (including phenoxy) is 2. The van der Waals surface area contributed by atoms with Gasteiger partial charge < -0.3 is 19.3 Å². The summed E-state index contributed by atoms with van der Waals surface area (Å²) in [4.78, 5) is 15.9. The minimum atomic E-state index is -0.116. The smallest absolute Gasteiger partial charge is 0.277 e. The summed E-state index contributed by atoms with van der Waals surface area (Å²) in [5, 5.41) is 0. The number of nitrogens with one attached hydrogen (secondary N) is 1. The van der Waals surface area contributed by atoms with Crippen LogP contribution in [0.5, 0.6) is 11.5 Å². The molecule has 1 aliphatic heterocycles. The second-order valence-corrected chi connectivity index (χ2v) is 7.33. The molecule has 0 radical (unpaired) electrons. The number of carbonyl (C=O) groups excluding carboxylic acids is 1. The van der Waals surface area contributed by atoms with Crippen molar-refractivity contribution in [1.29, 1.82) is 0 Å². The summed E-state index contributed by atoms with van der Waals surface area (Å²) in [6.45, 7) is 2.38. The van der Waals surface area contributed by atoms with E-state index in [2.05, 4.69) is 12.2 Å². The second-order valence-electron chi connectivity index (χ2n) is 7.33. The van der Waals surface area contributed by atoms with Crippen molar-refractivity contribution in [2.24, 2.45) is 5.92 Å². The van der Waals surface area contributed by atoms with Gasteiger partial charge in [-0.3, -0.25) is 4.79 Å². The number of hydrogen-bond donors (Lipinski definition) is 1. The Morgan fingerprint density at radius 2 is 2.00 bits per heavy atom. The third kappa shape index (κ3) is 4.98. The molecule has 0 spiro atoms. The van der Waals surface area contributed by atoms with Gasteiger partial charge in [0, 0.05) is 6.54 Å². The molecule has 136 valence electrons. The molecule has 1 aromatic carbocycles. The highest BCUT2D eigenvalue weighted by Crippen LogP contribution is 2.31. The van der Waals surface area contributed by atoms with Gasteiger partial charge >= 0.3 is 0 Å². The van der Waals surface area contributed by atoms with E-state index in [1.54, 1.807) is 0 Å². The molecule has 0 fully saturated rings. The van der Waals surface area contributed by atoms with E-state index in [4.69, 9.17) is 9.47 Å². The first-order valence-electron chi connectivity index (χ1n) is 9.22. The maximum Gasteiger partial charge on any atom is 0.277 e. The molecule has 1 aromatic rings. The van der Waals surface area contributed by atoms with Crippen LogP contribution in [0.25, 0.3) is 0 Å². The molecule has 1 heterocycles. The Hall–Kier alpha value is -2.01. The zero-order chi connectivity index (χ0) is 17.6. The Balaban J connectivity index is 1.64. The summed E-state index contributed by atoms with van der Waals surface area (Å²) in [6.07, 6.45) is 7.69. The first-order chi connectivity index (χ1) is 12.1. The lowest BCUT2D eigenvalue weighted by Gasteiger charge is -2.33. The minimum absolute atomic E-state index is 0.116. The zero-order valence-electron chi connectivity index (χ0n) is 15.2. The summed E-state index contributed by atoms with van der Waals surface area (Å²) in [5.41, 5.74) is 0. The molecule has 2 aliphatic rings. The molecule has 0 saturated heterocycles. The van der Waals surface area contributed by atoms with E-state index in [0.29, 0.717) is 25.6 Å². The number of carbonyl (C=O) groups is 1. The first-order valence-corrected chi connectivity index (χ1v) is 9.22. The van der Waals surface area contributed by atoms with Gasteiger partial charge in [0.1, 0.15) is 6.61 Å². The molecule has 25 heavy (non-hydrogen) atoms. The molecular weight excluding hydrogens is 316 g/mol. The van der Waals surface area contributed by atoms with Crippen LogP contribution in [0.3, 0.4) is 0 Å². The van der Waals surface area contributed by atoms with Crippen LogP contribution >= 0.6 is 0 Å². The SMILES string of the molecule is C[NH+](C)CC(=O)N(C[C@H]1CC=CCC1)C[C@@H]1COc2ccccc2O1. The van der Waals surface area contributed by atoms with Gasteiger partial charge in [-0.1, -0.05) is 24.3 Å². The van der Waals surface area contributed by atoms with Crippen LogP contribution < -0.4 is 14.4 Å². The lowest BCUT2D eigenvalue weighted by atomic mass is 9.94. The number of hydrogen-bond acceptors (Lipinski definition) is 3. The van der Waals surface area contributed by atoms with E-state index < -0.39 is 0 Å². The standard InChI is InChI=1S/C20H28N2O3/c1-21(2)14-20(23)22(12-16-8-4-3-5-9-16)13-17-15-24-18-10-6-7-11-19(18)25-17/h3-4,6-7,10-11,16-17H,5,8-9,12-15H2,1-2H3/p+1/t16-,17+/m0/s1. The number of para-hydroxylation sites is 2. The highest BCUT2D eigenvalue weighted by Gasteiger charge is 2.28. The number of likely N-dealkylation sites (N-methyl/N-ethyl adjacent to an activating group) is 1. The summed E-state index contributed by atoms with van der Waals surface area (Å²) in [7, 11) is 4.02. The lowest BCUT2D eigenvalue weighted by Crippen LogP contribution is -3.07. The monoisotopic (exact) mass is 345 g/mol. The average molecular weight is 345 g/mol. The van der Waals surface area contributed by atoms with Gasteiger partial charge in [0.05, 0.1) is 20.6 Å². The summed E-state index contributed by atoms with van der Waals surface area (Å²) in [5.74, 6) is 2.29. The van der Waals surface area contributed by atoms with E-state index in [0.717, 1.165) is 42.2 Å². The Bertz CT molecular complexity index is 615. The van der Waals surface area contributed by atoms with Gasteiger partial charge in [-0.25, -0.2) is 0 Å². The number of benzene rings is 1. The molecule has 0 saturated carbocycles. The molecule has 1 N–H and O–H groups in total. The fourth-order valence-corrected chi connectivity index (χ4v) is 3.43. The van der Waals surface area contributed by atoms with Gasteiger partial charge in [-0.2, -0.15) is 0 Å². The van der Waals surface area contributed by atoms with Crippen LogP contribution in [0.4, 0.5) is 0 Å².